The Morgan fingerprint density at radius 1 is 1.14 bits per heavy atom. The van der Waals surface area contributed by atoms with E-state index in [0.29, 0.717) is 22.9 Å². The first-order chi connectivity index (χ1) is 17.7. The van der Waals surface area contributed by atoms with Crippen LogP contribution in [0.3, 0.4) is 0 Å². The summed E-state index contributed by atoms with van der Waals surface area (Å²) in [4.78, 5) is 17.1. The van der Waals surface area contributed by atoms with Gasteiger partial charge in [0.05, 0.1) is 35.0 Å². The highest BCUT2D eigenvalue weighted by Gasteiger charge is 2.21. The van der Waals surface area contributed by atoms with Crippen LogP contribution in [-0.4, -0.2) is 37.2 Å². The highest BCUT2D eigenvalue weighted by atomic mass is 32.2. The van der Waals surface area contributed by atoms with Gasteiger partial charge < -0.3 is 10.1 Å². The van der Waals surface area contributed by atoms with E-state index in [9.17, 15) is 9.00 Å². The molecule has 1 atom stereocenters. The van der Waals surface area contributed by atoms with E-state index in [-0.39, 0.29) is 17.9 Å². The lowest BCUT2D eigenvalue weighted by atomic mass is 10.1. The number of pyridine rings is 1. The molecule has 192 valence electrons. The third-order valence-electron chi connectivity index (χ3n) is 6.28. The highest BCUT2D eigenvalue weighted by molar-refractivity contribution is 7.86. The Kier molecular flexibility index (Phi) is 6.72. The second-order valence-corrected chi connectivity index (χ2v) is 11.8. The number of anilines is 2. The molecule has 3 heterocycles. The lowest BCUT2D eigenvalue weighted by Crippen LogP contribution is -2.22. The van der Waals surface area contributed by atoms with Gasteiger partial charge in [-0.2, -0.15) is 5.10 Å². The Morgan fingerprint density at radius 2 is 1.97 bits per heavy atom. The van der Waals surface area contributed by atoms with Crippen LogP contribution in [0.1, 0.15) is 38.3 Å². The maximum absolute atomic E-state index is 12.6. The van der Waals surface area contributed by atoms with Crippen LogP contribution < -0.4 is 14.4 Å². The SMILES string of the molecule is Cc1cc(CC(=O)Nc2cnn(C(C)(C)C)c2)ccc1Oc1ccnc2ccc(N3CCCS3=O)cc12. The molecule has 1 amide bonds. The van der Waals surface area contributed by atoms with Crippen molar-refractivity contribution in [2.24, 2.45) is 0 Å². The van der Waals surface area contributed by atoms with Gasteiger partial charge in [-0.1, -0.05) is 12.1 Å². The van der Waals surface area contributed by atoms with Crippen molar-refractivity contribution in [1.82, 2.24) is 14.8 Å². The number of nitrogens with zero attached hydrogens (tertiary/aromatic N) is 4. The largest absolute Gasteiger partial charge is 0.456 e. The van der Waals surface area contributed by atoms with Gasteiger partial charge in [0, 0.05) is 30.1 Å². The zero-order valence-electron chi connectivity index (χ0n) is 21.5. The van der Waals surface area contributed by atoms with Gasteiger partial charge in [0.1, 0.15) is 22.5 Å². The fourth-order valence-corrected chi connectivity index (χ4v) is 5.62. The van der Waals surface area contributed by atoms with E-state index in [0.717, 1.165) is 40.7 Å². The fourth-order valence-electron chi connectivity index (χ4n) is 4.34. The normalized spacial score (nSPS) is 15.8. The summed E-state index contributed by atoms with van der Waals surface area (Å²) >= 11 is 0. The quantitative estimate of drug-likeness (QED) is 0.373. The van der Waals surface area contributed by atoms with Crippen LogP contribution in [0.2, 0.25) is 0 Å². The maximum Gasteiger partial charge on any atom is 0.228 e. The molecule has 2 aromatic heterocycles. The van der Waals surface area contributed by atoms with Crippen LogP contribution >= 0.6 is 0 Å². The topological polar surface area (TPSA) is 89.3 Å². The second-order valence-electron chi connectivity index (χ2n) is 10.3. The van der Waals surface area contributed by atoms with Crippen molar-refractivity contribution in [3.63, 3.8) is 0 Å². The van der Waals surface area contributed by atoms with Crippen LogP contribution in [0.25, 0.3) is 10.9 Å². The van der Waals surface area contributed by atoms with Gasteiger partial charge in [-0.05, 0) is 75.6 Å². The van der Waals surface area contributed by atoms with Gasteiger partial charge in [-0.25, -0.2) is 4.21 Å². The molecule has 1 fully saturated rings. The number of carbonyl (C=O) groups excluding carboxylic acids is 1. The number of rotatable bonds is 6. The lowest BCUT2D eigenvalue weighted by Gasteiger charge is -2.18. The van der Waals surface area contributed by atoms with Gasteiger partial charge >= 0.3 is 0 Å². The molecule has 1 aliphatic heterocycles. The molecular weight excluding hydrogens is 486 g/mol. The zero-order valence-corrected chi connectivity index (χ0v) is 22.3. The van der Waals surface area contributed by atoms with E-state index in [1.807, 2.05) is 64.6 Å². The third-order valence-corrected chi connectivity index (χ3v) is 7.80. The smallest absolute Gasteiger partial charge is 0.228 e. The number of aryl methyl sites for hydroxylation is 1. The van der Waals surface area contributed by atoms with Crippen molar-refractivity contribution >= 4 is 39.2 Å². The van der Waals surface area contributed by atoms with Crippen molar-refractivity contribution < 1.29 is 13.7 Å². The van der Waals surface area contributed by atoms with E-state index in [1.54, 1.807) is 12.4 Å². The van der Waals surface area contributed by atoms with E-state index in [2.05, 4.69) is 36.2 Å². The Labute approximate surface area is 219 Å². The monoisotopic (exact) mass is 517 g/mol. The Balaban J connectivity index is 1.31. The summed E-state index contributed by atoms with van der Waals surface area (Å²) in [6.45, 7) is 8.91. The van der Waals surface area contributed by atoms with E-state index >= 15 is 0 Å². The first-order valence-corrected chi connectivity index (χ1v) is 13.6. The standard InChI is InChI=1S/C28H31N5O3S/c1-19-14-20(15-27(34)31-21-17-30-33(18-21)28(2,3)4)6-9-25(19)36-26-10-11-29-24-8-7-22(16-23(24)26)32-12-5-13-37(32)35/h6-11,14,16-18H,5,12-13,15H2,1-4H3,(H,31,34). The highest BCUT2D eigenvalue weighted by Crippen LogP contribution is 2.34. The fraction of sp³-hybridized carbons (Fsp3) is 0.321. The van der Waals surface area contributed by atoms with Crippen LogP contribution in [0.4, 0.5) is 11.4 Å². The molecule has 5 rings (SSSR count). The van der Waals surface area contributed by atoms with Crippen LogP contribution in [-0.2, 0) is 27.7 Å². The molecule has 1 N–H and O–H groups in total. The van der Waals surface area contributed by atoms with Crippen LogP contribution in [0.15, 0.2) is 61.1 Å². The van der Waals surface area contributed by atoms with Gasteiger partial charge in [-0.3, -0.25) is 18.8 Å². The summed E-state index contributed by atoms with van der Waals surface area (Å²) in [5, 5.41) is 8.12. The first-order valence-electron chi connectivity index (χ1n) is 12.3. The number of aromatic nitrogens is 3. The molecule has 1 unspecified atom stereocenters. The van der Waals surface area contributed by atoms with Crippen molar-refractivity contribution in [3.05, 3.63) is 72.2 Å². The summed E-state index contributed by atoms with van der Waals surface area (Å²) in [5.74, 6) is 1.98. The number of fused-ring (bicyclic) bond motifs is 1. The molecule has 0 aliphatic carbocycles. The number of hydrogen-bond donors (Lipinski definition) is 1. The minimum atomic E-state index is -0.992. The Morgan fingerprint density at radius 3 is 2.68 bits per heavy atom. The summed E-state index contributed by atoms with van der Waals surface area (Å²) in [5.41, 5.74) is 4.07. The average molecular weight is 518 g/mol. The molecular formula is C28H31N5O3S. The van der Waals surface area contributed by atoms with Crippen molar-refractivity contribution in [2.75, 3.05) is 21.9 Å². The number of nitrogens with one attached hydrogen (secondary N) is 1. The number of hydrogen-bond acceptors (Lipinski definition) is 5. The summed E-state index contributed by atoms with van der Waals surface area (Å²) in [6, 6.07) is 13.5. The number of benzene rings is 2. The maximum atomic E-state index is 12.6. The third kappa shape index (κ3) is 5.51. The van der Waals surface area contributed by atoms with Crippen molar-refractivity contribution in [1.29, 1.82) is 0 Å². The van der Waals surface area contributed by atoms with Crippen LogP contribution in [0, 0.1) is 6.92 Å². The number of carbonyl (C=O) groups is 1. The molecule has 2 aromatic carbocycles. The molecule has 1 saturated heterocycles. The minimum Gasteiger partial charge on any atom is -0.456 e. The molecule has 8 nitrogen and oxygen atoms in total. The Hall–Kier alpha value is -3.72. The van der Waals surface area contributed by atoms with Gasteiger partial charge in [0.15, 0.2) is 0 Å². The number of amides is 1. The second kappa shape index (κ2) is 9.97. The minimum absolute atomic E-state index is 0.103. The molecule has 0 saturated carbocycles. The van der Waals surface area contributed by atoms with E-state index in [4.69, 9.17) is 4.74 Å². The van der Waals surface area contributed by atoms with E-state index < -0.39 is 11.0 Å². The molecule has 0 spiro atoms. The lowest BCUT2D eigenvalue weighted by molar-refractivity contribution is -0.115. The first kappa shape index (κ1) is 25.0. The summed E-state index contributed by atoms with van der Waals surface area (Å²) in [7, 11) is -0.992. The van der Waals surface area contributed by atoms with Gasteiger partial charge in [0.25, 0.3) is 0 Å². The molecule has 0 bridgehead atoms. The van der Waals surface area contributed by atoms with Crippen molar-refractivity contribution in [3.8, 4) is 11.5 Å². The zero-order chi connectivity index (χ0) is 26.2. The number of ether oxygens (including phenoxy) is 1. The molecule has 4 aromatic rings. The predicted octanol–water partition coefficient (Wildman–Crippen LogP) is 5.34. The van der Waals surface area contributed by atoms with Crippen LogP contribution in [0.5, 0.6) is 11.5 Å². The predicted molar refractivity (Wildman–Crippen MR) is 148 cm³/mol. The Bertz CT molecular complexity index is 1490. The molecule has 1 aliphatic rings. The summed E-state index contributed by atoms with van der Waals surface area (Å²) in [6.07, 6.45) is 6.39. The molecule has 0 radical (unpaired) electrons. The molecule has 9 heteroatoms. The van der Waals surface area contributed by atoms with Crippen molar-refractivity contribution in [2.45, 2.75) is 46.1 Å². The molecule has 37 heavy (non-hydrogen) atoms. The van der Waals surface area contributed by atoms with E-state index in [1.165, 1.54) is 0 Å². The van der Waals surface area contributed by atoms with Gasteiger partial charge in [-0.15, -0.1) is 0 Å². The summed E-state index contributed by atoms with van der Waals surface area (Å²) < 4.78 is 22.4. The van der Waals surface area contributed by atoms with Gasteiger partial charge in [0.2, 0.25) is 5.91 Å². The average Bonchev–Trinajstić information content (AvgIpc) is 3.49.